The van der Waals surface area contributed by atoms with Gasteiger partial charge in [-0.15, -0.1) is 22.7 Å². The molecule has 0 N–H and O–H groups in total. The molecule has 0 bridgehead atoms. The number of carbonyl (C=O) groups excluding carboxylic acids is 7. The number of hydrogen-bond donors (Lipinski definition) is 0. The van der Waals surface area contributed by atoms with Gasteiger partial charge in [0.2, 0.25) is 23.1 Å². The average Bonchev–Trinajstić information content (AvgIpc) is 4.27. The number of fused-ring (bicyclic) bond motifs is 9. The van der Waals surface area contributed by atoms with Crippen LogP contribution >= 0.6 is 22.7 Å². The Morgan fingerprint density at radius 3 is 1.31 bits per heavy atom. The topological polar surface area (TPSA) is 162 Å². The lowest BCUT2D eigenvalue weighted by Crippen LogP contribution is -2.18. The molecule has 368 valence electrons. The van der Waals surface area contributed by atoms with Gasteiger partial charge in [0, 0.05) is 40.0 Å². The van der Waals surface area contributed by atoms with Crippen molar-refractivity contribution in [1.29, 1.82) is 0 Å². The molecule has 13 nitrogen and oxygen atoms in total. The number of carbonyl (C=O) groups is 7. The molecule has 5 aromatic carbocycles. The maximum Gasteiger partial charge on any atom is 0.419 e. The summed E-state index contributed by atoms with van der Waals surface area (Å²) in [7, 11) is 0. The van der Waals surface area contributed by atoms with Crippen LogP contribution in [-0.2, 0) is 43.6 Å². The van der Waals surface area contributed by atoms with Crippen LogP contribution in [0.15, 0.2) is 127 Å². The fourth-order valence-corrected chi connectivity index (χ4v) is 12.0. The van der Waals surface area contributed by atoms with E-state index in [9.17, 15) is 37.5 Å². The number of nitrogens with zero attached hydrogens (tertiary/aromatic N) is 3. The van der Waals surface area contributed by atoms with Crippen LogP contribution in [0.5, 0.6) is 0 Å². The van der Waals surface area contributed by atoms with Gasteiger partial charge in [-0.05, 0) is 53.1 Å². The van der Waals surface area contributed by atoms with E-state index in [1.54, 1.807) is 91.0 Å². The van der Waals surface area contributed by atoms with Gasteiger partial charge in [-0.25, -0.2) is 45.6 Å². The summed E-state index contributed by atoms with van der Waals surface area (Å²) in [6, 6.07) is 31.5. The van der Waals surface area contributed by atoms with Crippen molar-refractivity contribution in [2.75, 3.05) is 0 Å². The van der Waals surface area contributed by atoms with Crippen LogP contribution < -0.4 is 0 Å². The Morgan fingerprint density at radius 1 is 0.440 bits per heavy atom. The zero-order chi connectivity index (χ0) is 52.0. The molecule has 5 aromatic heterocycles. The quantitative estimate of drug-likeness (QED) is 0.0620. The van der Waals surface area contributed by atoms with Crippen LogP contribution in [0, 0.1) is 23.3 Å². The Hall–Kier alpha value is -9.33. The maximum atomic E-state index is 15.6. The second-order valence-electron chi connectivity index (χ2n) is 17.3. The number of halogens is 4. The van der Waals surface area contributed by atoms with E-state index in [4.69, 9.17) is 14.2 Å². The van der Waals surface area contributed by atoms with E-state index in [0.29, 0.717) is 47.6 Å². The number of aromatic nitrogens is 3. The maximum absolute atomic E-state index is 15.6. The first-order valence-corrected chi connectivity index (χ1v) is 24.3. The molecule has 75 heavy (non-hydrogen) atoms. The molecule has 0 radical (unpaired) electrons. The molecular weight excluding hydrogens is 1010 g/mol. The molecule has 2 aliphatic carbocycles. The highest BCUT2D eigenvalue weighted by Gasteiger charge is 2.40. The second kappa shape index (κ2) is 18.0. The third-order valence-electron chi connectivity index (χ3n) is 12.7. The second-order valence-corrected chi connectivity index (χ2v) is 19.4. The molecule has 0 amide bonds. The van der Waals surface area contributed by atoms with Crippen LogP contribution in [0.25, 0.3) is 64.2 Å². The predicted molar refractivity (Wildman–Crippen MR) is 269 cm³/mol. The van der Waals surface area contributed by atoms with Crippen LogP contribution in [-0.4, -0.2) is 55.1 Å². The molecule has 10 aromatic rings. The normalized spacial score (nSPS) is 14.3. The van der Waals surface area contributed by atoms with E-state index in [0.717, 1.165) is 60.7 Å². The number of hydrogen-bond acceptors (Lipinski definition) is 12. The lowest BCUT2D eigenvalue weighted by atomic mass is 10.1. The highest BCUT2D eigenvalue weighted by atomic mass is 32.1. The Balaban J connectivity index is 1.13. The van der Waals surface area contributed by atoms with E-state index in [1.807, 2.05) is 0 Å². The third kappa shape index (κ3) is 7.70. The van der Waals surface area contributed by atoms with Crippen LogP contribution in [0.3, 0.4) is 0 Å². The number of Topliss-reactive ketones (excluding diaryl/α,β-unsaturated/α-hetero) is 4. The molecule has 0 saturated heterocycles. The highest BCUT2D eigenvalue weighted by Crippen LogP contribution is 2.50. The highest BCUT2D eigenvalue weighted by molar-refractivity contribution is 7.33. The Kier molecular flexibility index (Phi) is 11.2. The van der Waals surface area contributed by atoms with Gasteiger partial charge in [0.05, 0.1) is 57.8 Å². The fourth-order valence-electron chi connectivity index (χ4n) is 9.46. The molecule has 0 fully saturated rings. The first-order chi connectivity index (χ1) is 36.2. The number of ketones is 4. The van der Waals surface area contributed by atoms with Gasteiger partial charge in [0.25, 0.3) is 0 Å². The minimum atomic E-state index is -1.26. The van der Waals surface area contributed by atoms with Crippen molar-refractivity contribution in [3.63, 3.8) is 0 Å². The zero-order valence-electron chi connectivity index (χ0n) is 38.2. The van der Waals surface area contributed by atoms with Gasteiger partial charge in [0.15, 0.2) is 0 Å². The number of rotatable bonds is 8. The van der Waals surface area contributed by atoms with E-state index >= 15 is 13.6 Å². The molecule has 0 unspecified atom stereocenters. The summed E-state index contributed by atoms with van der Waals surface area (Å²) < 4.78 is 82.2. The van der Waals surface area contributed by atoms with Crippen molar-refractivity contribution in [3.05, 3.63) is 201 Å². The third-order valence-corrected chi connectivity index (χ3v) is 15.1. The number of ether oxygens (including phenoxy) is 3. The van der Waals surface area contributed by atoms with Crippen molar-refractivity contribution in [1.82, 2.24) is 13.7 Å². The molecule has 0 saturated carbocycles. The SMILES string of the molecule is O=C1C(=O)c2c(F)cc(F)cc2/C1=C/c1cc2sc3c4sc5cc(/C=C6\C(=O)C(=O)c7cc(F)cc(F)c76)n(C(=O)OCc6ccccc6)c5c4n(C(=O)OCc4ccccc4)c3c2n1C(=O)OCc1ccccc1. The van der Waals surface area contributed by atoms with Crippen molar-refractivity contribution >= 4 is 128 Å². The Morgan fingerprint density at radius 2 is 0.840 bits per heavy atom. The summed E-state index contributed by atoms with van der Waals surface area (Å²) in [5.74, 6) is -9.34. The summed E-state index contributed by atoms with van der Waals surface area (Å²) in [5.41, 5.74) is -1.17. The molecular formula is C56H29F4N3O10S2. The van der Waals surface area contributed by atoms with Crippen molar-refractivity contribution < 1.29 is 65.3 Å². The average molecular weight is 1040 g/mol. The first-order valence-electron chi connectivity index (χ1n) is 22.7. The van der Waals surface area contributed by atoms with Gasteiger partial charge in [-0.2, -0.15) is 0 Å². The monoisotopic (exact) mass is 1040 g/mol. The van der Waals surface area contributed by atoms with Gasteiger partial charge < -0.3 is 14.2 Å². The molecule has 12 rings (SSSR count). The minimum absolute atomic E-state index is 0.0209. The van der Waals surface area contributed by atoms with Gasteiger partial charge in [-0.1, -0.05) is 91.0 Å². The summed E-state index contributed by atoms with van der Waals surface area (Å²) in [6.45, 7) is -0.786. The lowest BCUT2D eigenvalue weighted by Gasteiger charge is -2.12. The van der Waals surface area contributed by atoms with E-state index in [-0.39, 0.29) is 58.8 Å². The smallest absolute Gasteiger partial charge is 0.419 e. The Labute approximate surface area is 426 Å². The molecule has 19 heteroatoms. The Bertz CT molecular complexity index is 4260. The first kappa shape index (κ1) is 46.7. The summed E-state index contributed by atoms with van der Waals surface area (Å²) >= 11 is 2.17. The van der Waals surface area contributed by atoms with E-state index < -0.39 is 92.5 Å². The van der Waals surface area contributed by atoms with Crippen molar-refractivity contribution in [2.24, 2.45) is 0 Å². The van der Waals surface area contributed by atoms with Crippen molar-refractivity contribution in [2.45, 2.75) is 19.8 Å². The standard InChI is InChI=1S/C56H29F4N3O10S2/c57-30-16-34-35(48(64)51(67)43(34)39(60)19-30)20-32-22-40-44(61(32)54(68)71-24-27-10-4-1-5-11-27)46-52(74-40)53-47(63(46)56(70)73-26-29-14-8-3-9-15-29)45-41(75-53)23-33(62(45)55(69)72-25-28-12-6-2-7-13-28)21-37-42-36(49(65)50(37)66)17-31(58)18-38(42)59/h1-23H,24-26H2/b35-20-,37-21-. The molecule has 0 atom stereocenters. The lowest BCUT2D eigenvalue weighted by molar-refractivity contribution is -0.110. The largest absolute Gasteiger partial charge is 0.444 e. The molecule has 2 aliphatic rings. The van der Waals surface area contributed by atoms with Gasteiger partial charge in [-0.3, -0.25) is 19.2 Å². The van der Waals surface area contributed by atoms with Gasteiger partial charge >= 0.3 is 18.3 Å². The van der Waals surface area contributed by atoms with Crippen molar-refractivity contribution in [3.8, 4) is 0 Å². The predicted octanol–water partition coefficient (Wildman–Crippen LogP) is 12.5. The minimum Gasteiger partial charge on any atom is -0.444 e. The summed E-state index contributed by atoms with van der Waals surface area (Å²) in [4.78, 5) is 98.0. The van der Waals surface area contributed by atoms with E-state index in [2.05, 4.69) is 0 Å². The van der Waals surface area contributed by atoms with Crippen LogP contribution in [0.4, 0.5) is 31.9 Å². The fraction of sp³-hybridized carbons (Fsp3) is 0.0536. The molecule has 0 spiro atoms. The van der Waals surface area contributed by atoms with Crippen LogP contribution in [0.2, 0.25) is 0 Å². The zero-order valence-corrected chi connectivity index (χ0v) is 39.8. The number of allylic oxidation sites excluding steroid dienone is 2. The number of thiophene rings is 2. The van der Waals surface area contributed by atoms with Crippen LogP contribution in [0.1, 0.15) is 59.9 Å². The van der Waals surface area contributed by atoms with Gasteiger partial charge in [0.1, 0.15) is 43.1 Å². The van der Waals surface area contributed by atoms with E-state index in [1.165, 1.54) is 12.1 Å². The molecule has 0 aliphatic heterocycles. The number of benzene rings is 5. The molecule has 5 heterocycles. The summed E-state index contributed by atoms with van der Waals surface area (Å²) in [6.07, 6.45) is -0.851. The summed E-state index contributed by atoms with van der Waals surface area (Å²) in [5, 5.41) is 0.